The van der Waals surface area contributed by atoms with Crippen molar-refractivity contribution in [1.82, 2.24) is 20.3 Å². The maximum absolute atomic E-state index is 13.0. The molecule has 1 aromatic heterocycles. The van der Waals surface area contributed by atoms with Crippen molar-refractivity contribution in [3.63, 3.8) is 0 Å². The van der Waals surface area contributed by atoms with Gasteiger partial charge in [-0.05, 0) is 42.0 Å². The van der Waals surface area contributed by atoms with Crippen LogP contribution in [0.2, 0.25) is 5.02 Å². The Balaban J connectivity index is 1.63. The van der Waals surface area contributed by atoms with Crippen molar-refractivity contribution in [3.8, 4) is 0 Å². The monoisotopic (exact) mass is 458 g/mol. The molecule has 0 radical (unpaired) electrons. The summed E-state index contributed by atoms with van der Waals surface area (Å²) in [7, 11) is 0. The van der Waals surface area contributed by atoms with Crippen LogP contribution in [0.5, 0.6) is 0 Å². The fourth-order valence-corrected chi connectivity index (χ4v) is 2.91. The number of ether oxygens (including phenoxy) is 1. The van der Waals surface area contributed by atoms with Gasteiger partial charge in [-0.2, -0.15) is 15.0 Å². The highest BCUT2D eigenvalue weighted by Crippen LogP contribution is 2.20. The van der Waals surface area contributed by atoms with Gasteiger partial charge in [0.15, 0.2) is 12.4 Å². The second kappa shape index (κ2) is 10.5. The molecule has 0 fully saturated rings. The van der Waals surface area contributed by atoms with Gasteiger partial charge >= 0.3 is 5.97 Å². The Morgan fingerprint density at radius 3 is 2.44 bits per heavy atom. The molecule has 0 aliphatic carbocycles. The average Bonchev–Trinajstić information content (AvgIpc) is 2.73. The van der Waals surface area contributed by atoms with Crippen LogP contribution in [-0.4, -0.2) is 26.8 Å². The highest BCUT2D eigenvalue weighted by molar-refractivity contribution is 6.30. The summed E-state index contributed by atoms with van der Waals surface area (Å²) in [5.41, 5.74) is 6.95. The summed E-state index contributed by atoms with van der Waals surface area (Å²) in [5, 5.41) is 6.12. The maximum Gasteiger partial charge on any atom is 0.308 e. The number of esters is 1. The van der Waals surface area contributed by atoms with E-state index in [1.165, 1.54) is 31.2 Å². The van der Waals surface area contributed by atoms with E-state index in [0.29, 0.717) is 16.3 Å². The molecule has 11 heteroatoms. The van der Waals surface area contributed by atoms with Crippen molar-refractivity contribution >= 4 is 41.1 Å². The van der Waals surface area contributed by atoms with Crippen molar-refractivity contribution in [1.29, 1.82) is 0 Å². The number of nitrogens with zero attached hydrogens (tertiary/aromatic N) is 3. The zero-order chi connectivity index (χ0) is 23.1. The summed E-state index contributed by atoms with van der Waals surface area (Å²) in [6.45, 7) is 1.11. The number of nitrogens with one attached hydrogen (secondary N) is 2. The predicted octanol–water partition coefficient (Wildman–Crippen LogP) is 3.30. The quantitative estimate of drug-likeness (QED) is 0.438. The molecule has 1 atom stereocenters. The van der Waals surface area contributed by atoms with Gasteiger partial charge in [0.1, 0.15) is 5.82 Å². The number of carbonyl (C=O) groups is 2. The molecule has 9 nitrogen and oxygen atoms in total. The smallest absolute Gasteiger partial charge is 0.308 e. The molecule has 3 rings (SSSR count). The molecule has 0 spiro atoms. The van der Waals surface area contributed by atoms with Gasteiger partial charge in [0.2, 0.25) is 17.8 Å². The number of nitrogens with two attached hydrogens (primary N) is 1. The molecule has 3 aromatic rings. The molecule has 0 aliphatic rings. The van der Waals surface area contributed by atoms with Gasteiger partial charge in [0, 0.05) is 17.6 Å². The SMILES string of the molecule is CC(=O)N[C@@H](CC(=O)OCc1nc(N)nc(Nc2ccc(F)cc2)n1)c1ccc(Cl)cc1. The van der Waals surface area contributed by atoms with E-state index in [2.05, 4.69) is 25.6 Å². The Morgan fingerprint density at radius 1 is 1.09 bits per heavy atom. The van der Waals surface area contributed by atoms with Crippen molar-refractivity contribution < 1.29 is 18.7 Å². The number of anilines is 3. The number of nitrogen functional groups attached to an aromatic ring is 1. The van der Waals surface area contributed by atoms with E-state index in [9.17, 15) is 14.0 Å². The molecule has 0 aliphatic heterocycles. The molecule has 4 N–H and O–H groups in total. The molecule has 1 heterocycles. The van der Waals surface area contributed by atoms with Crippen LogP contribution in [0.4, 0.5) is 22.0 Å². The number of halogens is 2. The Morgan fingerprint density at radius 2 is 1.78 bits per heavy atom. The van der Waals surface area contributed by atoms with Gasteiger partial charge in [-0.3, -0.25) is 9.59 Å². The Bertz CT molecular complexity index is 1100. The molecule has 2 aromatic carbocycles. The predicted molar refractivity (Wildman–Crippen MR) is 116 cm³/mol. The van der Waals surface area contributed by atoms with Gasteiger partial charge in [0.25, 0.3) is 0 Å². The molecule has 32 heavy (non-hydrogen) atoms. The molecular formula is C21H20ClFN6O3. The Kier molecular flexibility index (Phi) is 7.50. The van der Waals surface area contributed by atoms with E-state index in [-0.39, 0.29) is 42.5 Å². The number of hydrogen-bond donors (Lipinski definition) is 3. The standard InChI is InChI=1S/C21H20ClFN6O3/c1-12(30)25-17(13-2-4-14(22)5-3-13)10-19(31)32-11-18-27-20(24)29-21(28-18)26-16-8-6-15(23)7-9-16/h2-9,17H,10-11H2,1H3,(H,25,30)(H3,24,26,27,28,29)/t17-/m0/s1. The van der Waals surface area contributed by atoms with E-state index < -0.39 is 12.0 Å². The lowest BCUT2D eigenvalue weighted by Gasteiger charge is -2.17. The summed E-state index contributed by atoms with van der Waals surface area (Å²) in [6, 6.07) is 11.8. The third-order valence-corrected chi connectivity index (χ3v) is 4.43. The second-order valence-electron chi connectivity index (χ2n) is 6.73. The minimum atomic E-state index is -0.587. The van der Waals surface area contributed by atoms with E-state index in [4.69, 9.17) is 22.1 Å². The average molecular weight is 459 g/mol. The normalized spacial score (nSPS) is 11.5. The molecule has 0 unspecified atom stereocenters. The lowest BCUT2D eigenvalue weighted by Crippen LogP contribution is -2.28. The minimum Gasteiger partial charge on any atom is -0.457 e. The Hall–Kier alpha value is -3.79. The van der Waals surface area contributed by atoms with Crippen LogP contribution in [-0.2, 0) is 20.9 Å². The zero-order valence-electron chi connectivity index (χ0n) is 17.0. The van der Waals surface area contributed by atoms with Crippen LogP contribution in [0.15, 0.2) is 48.5 Å². The second-order valence-corrected chi connectivity index (χ2v) is 7.17. The summed E-state index contributed by atoms with van der Waals surface area (Å²) in [4.78, 5) is 36.0. The van der Waals surface area contributed by atoms with Crippen LogP contribution >= 0.6 is 11.6 Å². The summed E-state index contributed by atoms with van der Waals surface area (Å²) < 4.78 is 18.3. The van der Waals surface area contributed by atoms with Crippen LogP contribution in [0.25, 0.3) is 0 Å². The van der Waals surface area contributed by atoms with E-state index in [1.807, 2.05) is 0 Å². The van der Waals surface area contributed by atoms with E-state index >= 15 is 0 Å². The highest BCUT2D eigenvalue weighted by Gasteiger charge is 2.19. The van der Waals surface area contributed by atoms with Gasteiger partial charge in [-0.1, -0.05) is 23.7 Å². The van der Waals surface area contributed by atoms with Crippen LogP contribution in [0.1, 0.15) is 30.8 Å². The number of carbonyl (C=O) groups excluding carboxylic acids is 2. The number of aromatic nitrogens is 3. The first-order chi connectivity index (χ1) is 15.3. The third kappa shape index (κ3) is 6.88. The first-order valence-corrected chi connectivity index (χ1v) is 9.87. The number of hydrogen-bond acceptors (Lipinski definition) is 8. The number of amides is 1. The lowest BCUT2D eigenvalue weighted by atomic mass is 10.0. The largest absolute Gasteiger partial charge is 0.457 e. The minimum absolute atomic E-state index is 0.0760. The zero-order valence-corrected chi connectivity index (χ0v) is 17.8. The van der Waals surface area contributed by atoms with Gasteiger partial charge in [0.05, 0.1) is 12.5 Å². The topological polar surface area (TPSA) is 132 Å². The van der Waals surface area contributed by atoms with Gasteiger partial charge in [-0.15, -0.1) is 0 Å². The summed E-state index contributed by atoms with van der Waals surface area (Å²) >= 11 is 5.90. The van der Waals surface area contributed by atoms with Gasteiger partial charge < -0.3 is 21.1 Å². The lowest BCUT2D eigenvalue weighted by molar-refractivity contribution is -0.146. The first kappa shape index (κ1) is 22.9. The van der Waals surface area contributed by atoms with Crippen molar-refractivity contribution in [2.45, 2.75) is 26.0 Å². The van der Waals surface area contributed by atoms with Crippen LogP contribution in [0, 0.1) is 5.82 Å². The molecule has 166 valence electrons. The summed E-state index contributed by atoms with van der Waals surface area (Å²) in [6.07, 6.45) is -0.109. The van der Waals surface area contributed by atoms with Crippen molar-refractivity contribution in [2.75, 3.05) is 11.1 Å². The van der Waals surface area contributed by atoms with Crippen molar-refractivity contribution in [2.24, 2.45) is 0 Å². The third-order valence-electron chi connectivity index (χ3n) is 4.18. The molecule has 1 amide bonds. The van der Waals surface area contributed by atoms with Gasteiger partial charge in [-0.25, -0.2) is 4.39 Å². The van der Waals surface area contributed by atoms with Crippen molar-refractivity contribution in [3.05, 3.63) is 70.8 Å². The molecule has 0 bridgehead atoms. The number of benzene rings is 2. The Labute approximate surface area is 188 Å². The molecule has 0 saturated heterocycles. The molecular weight excluding hydrogens is 439 g/mol. The molecule has 0 saturated carbocycles. The maximum atomic E-state index is 13.0. The highest BCUT2D eigenvalue weighted by atomic mass is 35.5. The van der Waals surface area contributed by atoms with E-state index in [1.54, 1.807) is 24.3 Å². The summed E-state index contributed by atoms with van der Waals surface area (Å²) in [5.74, 6) is -1.09. The van der Waals surface area contributed by atoms with E-state index in [0.717, 1.165) is 0 Å². The first-order valence-electron chi connectivity index (χ1n) is 9.49. The fraction of sp³-hybridized carbons (Fsp3) is 0.190. The van der Waals surface area contributed by atoms with Crippen LogP contribution in [0.3, 0.4) is 0 Å². The fourth-order valence-electron chi connectivity index (χ4n) is 2.78. The van der Waals surface area contributed by atoms with Crippen LogP contribution < -0.4 is 16.4 Å². The number of rotatable bonds is 8.